The van der Waals surface area contributed by atoms with Gasteiger partial charge in [-0.15, -0.1) is 0 Å². The Morgan fingerprint density at radius 1 is 1.52 bits per heavy atom. The van der Waals surface area contributed by atoms with Crippen molar-refractivity contribution in [2.24, 2.45) is 13.0 Å². The maximum absolute atomic E-state index is 13.9. The van der Waals surface area contributed by atoms with Crippen LogP contribution < -0.4 is 4.90 Å². The first-order valence-corrected chi connectivity index (χ1v) is 7.48. The van der Waals surface area contributed by atoms with Crippen molar-refractivity contribution >= 4 is 27.5 Å². The fourth-order valence-electron chi connectivity index (χ4n) is 2.59. The summed E-state index contributed by atoms with van der Waals surface area (Å²) in [6.45, 7) is 0. The predicted octanol–water partition coefficient (Wildman–Crippen LogP) is 3.09. The molecule has 1 aromatic heterocycles. The van der Waals surface area contributed by atoms with Gasteiger partial charge in [0.2, 0.25) is 5.91 Å². The van der Waals surface area contributed by atoms with Crippen molar-refractivity contribution in [2.75, 3.05) is 11.9 Å². The highest BCUT2D eigenvalue weighted by Gasteiger charge is 2.46. The van der Waals surface area contributed by atoms with Gasteiger partial charge in [-0.1, -0.05) is 15.9 Å². The minimum Gasteiger partial charge on any atom is -0.313 e. The number of anilines is 1. The summed E-state index contributed by atoms with van der Waals surface area (Å²) in [6, 6.07) is 4.71. The number of hydrogen-bond donors (Lipinski definition) is 0. The molecule has 1 saturated carbocycles. The number of amides is 1. The molecule has 1 aliphatic carbocycles. The number of benzene rings is 1. The predicted molar refractivity (Wildman–Crippen MR) is 81.6 cm³/mol. The number of carbonyl (C=O) groups is 1. The van der Waals surface area contributed by atoms with Gasteiger partial charge in [0, 0.05) is 30.7 Å². The molecule has 21 heavy (non-hydrogen) atoms. The molecule has 1 heterocycles. The van der Waals surface area contributed by atoms with Crippen LogP contribution in [0.2, 0.25) is 0 Å². The normalized spacial score (nSPS) is 20.4. The first-order valence-electron chi connectivity index (χ1n) is 6.68. The summed E-state index contributed by atoms with van der Waals surface area (Å²) in [5.41, 5.74) is 1.38. The van der Waals surface area contributed by atoms with Crippen molar-refractivity contribution in [3.05, 3.63) is 46.4 Å². The summed E-state index contributed by atoms with van der Waals surface area (Å²) < 4.78 is 16.3. The van der Waals surface area contributed by atoms with Crippen LogP contribution in [0.3, 0.4) is 0 Å². The zero-order valence-electron chi connectivity index (χ0n) is 11.8. The molecule has 0 bridgehead atoms. The van der Waals surface area contributed by atoms with Crippen molar-refractivity contribution in [1.82, 2.24) is 9.78 Å². The quantitative estimate of drug-likeness (QED) is 0.852. The van der Waals surface area contributed by atoms with Gasteiger partial charge in [-0.25, -0.2) is 4.39 Å². The lowest BCUT2D eigenvalue weighted by Gasteiger charge is -2.18. The summed E-state index contributed by atoms with van der Waals surface area (Å²) >= 11 is 3.21. The Morgan fingerprint density at radius 2 is 2.29 bits per heavy atom. The summed E-state index contributed by atoms with van der Waals surface area (Å²) in [4.78, 5) is 13.9. The van der Waals surface area contributed by atoms with Crippen LogP contribution >= 0.6 is 15.9 Å². The van der Waals surface area contributed by atoms with Gasteiger partial charge in [0.15, 0.2) is 0 Å². The number of aryl methyl sites for hydroxylation is 1. The lowest BCUT2D eigenvalue weighted by molar-refractivity contribution is -0.119. The van der Waals surface area contributed by atoms with E-state index in [0.717, 1.165) is 12.0 Å². The zero-order chi connectivity index (χ0) is 15.1. The molecule has 1 aromatic carbocycles. The maximum atomic E-state index is 13.9. The summed E-state index contributed by atoms with van der Waals surface area (Å²) in [5.74, 6) is -0.335. The maximum Gasteiger partial charge on any atom is 0.230 e. The van der Waals surface area contributed by atoms with Gasteiger partial charge in [-0.2, -0.15) is 5.10 Å². The molecule has 1 amide bonds. The highest BCUT2D eigenvalue weighted by molar-refractivity contribution is 9.10. The van der Waals surface area contributed by atoms with Crippen molar-refractivity contribution < 1.29 is 9.18 Å². The summed E-state index contributed by atoms with van der Waals surface area (Å²) in [7, 11) is 3.47. The molecule has 2 unspecified atom stereocenters. The molecule has 1 fully saturated rings. The second-order valence-electron chi connectivity index (χ2n) is 5.39. The third kappa shape index (κ3) is 2.72. The van der Waals surface area contributed by atoms with Gasteiger partial charge in [0.25, 0.3) is 0 Å². The first-order chi connectivity index (χ1) is 9.97. The van der Waals surface area contributed by atoms with E-state index in [-0.39, 0.29) is 17.7 Å². The molecule has 6 heteroatoms. The lowest BCUT2D eigenvalue weighted by Crippen LogP contribution is -2.29. The standard InChI is InChI=1S/C15H15BrFN3O/c1-19-8-9(7-18-19)11-6-12(11)15(21)20(2)14-4-3-10(16)5-13(14)17/h3-5,7-8,11-12H,6H2,1-2H3. The molecule has 3 rings (SSSR count). The molecule has 2 aromatic rings. The van der Waals surface area contributed by atoms with E-state index in [2.05, 4.69) is 21.0 Å². The fraction of sp³-hybridized carbons (Fsp3) is 0.333. The van der Waals surface area contributed by atoms with Gasteiger partial charge in [-0.3, -0.25) is 9.48 Å². The van der Waals surface area contributed by atoms with Gasteiger partial charge < -0.3 is 4.90 Å². The Bertz CT molecular complexity index is 700. The Kier molecular flexibility index (Phi) is 3.57. The van der Waals surface area contributed by atoms with Crippen molar-refractivity contribution in [3.8, 4) is 0 Å². The molecule has 0 spiro atoms. The van der Waals surface area contributed by atoms with Crippen LogP contribution in [-0.2, 0) is 11.8 Å². The molecule has 0 aliphatic heterocycles. The van der Waals surface area contributed by atoms with Gasteiger partial charge in [0.1, 0.15) is 5.82 Å². The van der Waals surface area contributed by atoms with Gasteiger partial charge in [0.05, 0.1) is 11.9 Å². The Labute approximate surface area is 130 Å². The second kappa shape index (κ2) is 5.26. The molecule has 110 valence electrons. The highest BCUT2D eigenvalue weighted by atomic mass is 79.9. The number of halogens is 2. The third-order valence-electron chi connectivity index (χ3n) is 3.86. The van der Waals surface area contributed by atoms with Gasteiger partial charge in [-0.05, 0) is 36.1 Å². The molecule has 0 radical (unpaired) electrons. The number of aromatic nitrogens is 2. The minimum absolute atomic E-state index is 0.0509. The van der Waals surface area contributed by atoms with Crippen LogP contribution in [0.5, 0.6) is 0 Å². The molecular weight excluding hydrogens is 337 g/mol. The van der Waals surface area contributed by atoms with Crippen LogP contribution in [0.25, 0.3) is 0 Å². The third-order valence-corrected chi connectivity index (χ3v) is 4.36. The number of rotatable bonds is 3. The largest absolute Gasteiger partial charge is 0.313 e. The van der Waals surface area contributed by atoms with E-state index < -0.39 is 5.82 Å². The molecule has 1 aliphatic rings. The average Bonchev–Trinajstić information content (AvgIpc) is 3.12. The van der Waals surface area contributed by atoms with Crippen LogP contribution in [0.1, 0.15) is 17.9 Å². The SMILES string of the molecule is CN(C(=O)C1CC1c1cnn(C)c1)c1ccc(Br)cc1F. The number of carbonyl (C=O) groups excluding carboxylic acids is 1. The van der Waals surface area contributed by atoms with Crippen molar-refractivity contribution in [3.63, 3.8) is 0 Å². The molecule has 0 saturated heterocycles. The van der Waals surface area contributed by atoms with Gasteiger partial charge >= 0.3 is 0 Å². The van der Waals surface area contributed by atoms with E-state index in [1.54, 1.807) is 30.1 Å². The minimum atomic E-state index is -0.404. The fourth-order valence-corrected chi connectivity index (χ4v) is 2.92. The van der Waals surface area contributed by atoms with Crippen LogP contribution in [0.4, 0.5) is 10.1 Å². The molecule has 2 atom stereocenters. The van der Waals surface area contributed by atoms with E-state index in [1.807, 2.05) is 13.2 Å². The van der Waals surface area contributed by atoms with Crippen molar-refractivity contribution in [1.29, 1.82) is 0 Å². The second-order valence-corrected chi connectivity index (χ2v) is 6.30. The Balaban J connectivity index is 1.74. The first kappa shape index (κ1) is 14.3. The highest BCUT2D eigenvalue weighted by Crippen LogP contribution is 2.48. The van der Waals surface area contributed by atoms with E-state index in [9.17, 15) is 9.18 Å². The zero-order valence-corrected chi connectivity index (χ0v) is 13.3. The topological polar surface area (TPSA) is 38.1 Å². The lowest BCUT2D eigenvalue weighted by atomic mass is 10.2. The average molecular weight is 352 g/mol. The van der Waals surface area contributed by atoms with Crippen LogP contribution in [0, 0.1) is 11.7 Å². The summed E-state index contributed by atoms with van der Waals surface area (Å²) in [6.07, 6.45) is 4.52. The van der Waals surface area contributed by atoms with E-state index in [4.69, 9.17) is 0 Å². The van der Waals surface area contributed by atoms with Crippen LogP contribution in [0.15, 0.2) is 35.1 Å². The van der Waals surface area contributed by atoms with E-state index in [0.29, 0.717) is 10.2 Å². The number of nitrogens with zero attached hydrogens (tertiary/aromatic N) is 3. The monoisotopic (exact) mass is 351 g/mol. The van der Waals surface area contributed by atoms with E-state index in [1.165, 1.54) is 11.0 Å². The van der Waals surface area contributed by atoms with E-state index >= 15 is 0 Å². The molecule has 0 N–H and O–H groups in total. The van der Waals surface area contributed by atoms with Crippen LogP contribution in [-0.4, -0.2) is 22.7 Å². The summed E-state index contributed by atoms with van der Waals surface area (Å²) in [5, 5.41) is 4.13. The number of hydrogen-bond acceptors (Lipinski definition) is 2. The smallest absolute Gasteiger partial charge is 0.230 e. The van der Waals surface area contributed by atoms with Crippen molar-refractivity contribution in [2.45, 2.75) is 12.3 Å². The Hall–Kier alpha value is -1.69. The molecular formula is C15H15BrFN3O. The Morgan fingerprint density at radius 3 is 2.90 bits per heavy atom. The molecule has 4 nitrogen and oxygen atoms in total.